The molecule has 2 fully saturated rings. The van der Waals surface area contributed by atoms with E-state index in [4.69, 9.17) is 0 Å². The summed E-state index contributed by atoms with van der Waals surface area (Å²) >= 11 is 13.1. The van der Waals surface area contributed by atoms with Gasteiger partial charge in [0.25, 0.3) is 0 Å². The Morgan fingerprint density at radius 1 is 1.20 bits per heavy atom. The first-order valence-electron chi connectivity index (χ1n) is 3.37. The maximum atomic E-state index is 4.53. The SMILES string of the molecule is SC1CSC2(C1)SCC2S. The zero-order valence-corrected chi connectivity index (χ0v) is 8.91. The minimum atomic E-state index is 0.468. The molecule has 4 heteroatoms. The van der Waals surface area contributed by atoms with E-state index >= 15 is 0 Å². The van der Waals surface area contributed by atoms with Gasteiger partial charge in [-0.3, -0.25) is 0 Å². The van der Waals surface area contributed by atoms with Crippen molar-refractivity contribution in [3.05, 3.63) is 0 Å². The van der Waals surface area contributed by atoms with Crippen LogP contribution in [0, 0.1) is 0 Å². The summed E-state index contributed by atoms with van der Waals surface area (Å²) in [6, 6.07) is 0. The molecule has 0 N–H and O–H groups in total. The second kappa shape index (κ2) is 2.71. The zero-order valence-electron chi connectivity index (χ0n) is 5.49. The molecule has 0 aromatic heterocycles. The van der Waals surface area contributed by atoms with Crippen LogP contribution in [0.4, 0.5) is 0 Å². The maximum Gasteiger partial charge on any atom is 0.0746 e. The van der Waals surface area contributed by atoms with Crippen molar-refractivity contribution in [2.24, 2.45) is 0 Å². The number of thioether (sulfide) groups is 2. The lowest BCUT2D eigenvalue weighted by molar-refractivity contribution is 0.711. The largest absolute Gasteiger partial charge is 0.175 e. The lowest BCUT2D eigenvalue weighted by Gasteiger charge is -2.42. The average Bonchev–Trinajstić information content (AvgIpc) is 2.31. The molecule has 2 heterocycles. The van der Waals surface area contributed by atoms with Gasteiger partial charge in [-0.15, -0.1) is 23.5 Å². The average molecular weight is 210 g/mol. The van der Waals surface area contributed by atoms with Crippen LogP contribution in [0.15, 0.2) is 0 Å². The molecule has 0 aromatic rings. The summed E-state index contributed by atoms with van der Waals surface area (Å²) in [5.74, 6) is 2.45. The second-order valence-electron chi connectivity index (χ2n) is 2.81. The van der Waals surface area contributed by atoms with Gasteiger partial charge in [0.1, 0.15) is 0 Å². The minimum absolute atomic E-state index is 0.468. The summed E-state index contributed by atoms with van der Waals surface area (Å²) in [5.41, 5.74) is 0. The van der Waals surface area contributed by atoms with Crippen molar-refractivity contribution in [1.82, 2.24) is 0 Å². The van der Waals surface area contributed by atoms with Gasteiger partial charge in [-0.05, 0) is 6.42 Å². The van der Waals surface area contributed by atoms with Crippen molar-refractivity contribution >= 4 is 48.8 Å². The highest BCUT2D eigenvalue weighted by molar-refractivity contribution is 8.21. The summed E-state index contributed by atoms with van der Waals surface area (Å²) in [7, 11) is 0. The molecular formula is C6H10S4. The molecule has 0 aliphatic carbocycles. The Kier molecular flexibility index (Phi) is 2.18. The van der Waals surface area contributed by atoms with Gasteiger partial charge in [-0.25, -0.2) is 0 Å². The molecule has 10 heavy (non-hydrogen) atoms. The molecule has 3 atom stereocenters. The molecule has 0 bridgehead atoms. The van der Waals surface area contributed by atoms with Gasteiger partial charge in [0.05, 0.1) is 4.08 Å². The van der Waals surface area contributed by atoms with Gasteiger partial charge < -0.3 is 0 Å². The highest BCUT2D eigenvalue weighted by atomic mass is 32.2. The van der Waals surface area contributed by atoms with E-state index in [0.29, 0.717) is 14.6 Å². The van der Waals surface area contributed by atoms with E-state index in [0.717, 1.165) is 0 Å². The summed E-state index contributed by atoms with van der Waals surface area (Å²) in [5, 5.41) is 1.24. The molecule has 2 aliphatic rings. The van der Waals surface area contributed by atoms with Crippen molar-refractivity contribution in [2.75, 3.05) is 11.5 Å². The maximum absolute atomic E-state index is 4.53. The van der Waals surface area contributed by atoms with Crippen LogP contribution >= 0.6 is 48.8 Å². The van der Waals surface area contributed by atoms with Crippen LogP contribution in [0.1, 0.15) is 6.42 Å². The fraction of sp³-hybridized carbons (Fsp3) is 1.00. The lowest BCUT2D eigenvalue weighted by atomic mass is 10.2. The van der Waals surface area contributed by atoms with E-state index in [9.17, 15) is 0 Å². The van der Waals surface area contributed by atoms with E-state index in [1.807, 2.05) is 0 Å². The highest BCUT2D eigenvalue weighted by Gasteiger charge is 2.50. The van der Waals surface area contributed by atoms with Gasteiger partial charge in [0, 0.05) is 22.0 Å². The Morgan fingerprint density at radius 3 is 2.10 bits per heavy atom. The fourth-order valence-electron chi connectivity index (χ4n) is 1.36. The van der Waals surface area contributed by atoms with E-state index in [1.165, 1.54) is 17.9 Å². The van der Waals surface area contributed by atoms with Crippen LogP contribution < -0.4 is 0 Å². The third-order valence-electron chi connectivity index (χ3n) is 2.03. The van der Waals surface area contributed by atoms with Gasteiger partial charge in [0.15, 0.2) is 0 Å². The smallest absolute Gasteiger partial charge is 0.0746 e. The quantitative estimate of drug-likeness (QED) is 0.588. The molecule has 2 rings (SSSR count). The number of thiol groups is 2. The second-order valence-corrected chi connectivity index (χ2v) is 7.12. The number of hydrogen-bond donors (Lipinski definition) is 2. The molecule has 0 aromatic carbocycles. The monoisotopic (exact) mass is 210 g/mol. The van der Waals surface area contributed by atoms with Crippen LogP contribution in [0.5, 0.6) is 0 Å². The summed E-state index contributed by atoms with van der Waals surface area (Å²) in [4.78, 5) is 0. The van der Waals surface area contributed by atoms with Crippen LogP contribution in [0.2, 0.25) is 0 Å². The van der Waals surface area contributed by atoms with Crippen LogP contribution in [-0.2, 0) is 0 Å². The Labute approximate surface area is 81.1 Å². The van der Waals surface area contributed by atoms with Gasteiger partial charge in [-0.2, -0.15) is 25.3 Å². The molecule has 2 saturated heterocycles. The number of rotatable bonds is 0. The van der Waals surface area contributed by atoms with Crippen molar-refractivity contribution in [2.45, 2.75) is 21.0 Å². The van der Waals surface area contributed by atoms with Crippen LogP contribution in [-0.4, -0.2) is 26.1 Å². The van der Waals surface area contributed by atoms with E-state index in [2.05, 4.69) is 48.8 Å². The summed E-state index contributed by atoms with van der Waals surface area (Å²) in [6.45, 7) is 0. The zero-order chi connectivity index (χ0) is 7.19. The van der Waals surface area contributed by atoms with Crippen molar-refractivity contribution in [3.63, 3.8) is 0 Å². The molecule has 1 spiro atoms. The Morgan fingerprint density at radius 2 is 1.90 bits per heavy atom. The lowest BCUT2D eigenvalue weighted by Crippen LogP contribution is -2.42. The van der Waals surface area contributed by atoms with Gasteiger partial charge >= 0.3 is 0 Å². The van der Waals surface area contributed by atoms with E-state index in [-0.39, 0.29) is 0 Å². The fourth-order valence-corrected chi connectivity index (χ4v) is 5.95. The van der Waals surface area contributed by atoms with Crippen LogP contribution in [0.25, 0.3) is 0 Å². The van der Waals surface area contributed by atoms with Crippen LogP contribution in [0.3, 0.4) is 0 Å². The molecule has 0 saturated carbocycles. The molecule has 2 aliphatic heterocycles. The number of hydrogen-bond acceptors (Lipinski definition) is 4. The Balaban J connectivity index is 2.04. The van der Waals surface area contributed by atoms with Gasteiger partial charge in [0.2, 0.25) is 0 Å². The standard InChI is InChI=1S/C6H10S4/c7-4-1-6(9-2-4)5(8)3-10-6/h4-5,7-8H,1-3H2. The van der Waals surface area contributed by atoms with E-state index in [1.54, 1.807) is 0 Å². The minimum Gasteiger partial charge on any atom is -0.175 e. The third-order valence-corrected chi connectivity index (χ3v) is 7.52. The third kappa shape index (κ3) is 1.11. The first-order chi connectivity index (χ1) is 4.73. The highest BCUT2D eigenvalue weighted by Crippen LogP contribution is 2.59. The summed E-state index contributed by atoms with van der Waals surface area (Å²) < 4.78 is 0.468. The first-order valence-corrected chi connectivity index (χ1v) is 6.37. The predicted molar refractivity (Wildman–Crippen MR) is 57.8 cm³/mol. The molecular weight excluding hydrogens is 200 g/mol. The Hall–Kier alpha value is 1.40. The normalized spacial score (nSPS) is 53.4. The molecule has 0 amide bonds. The van der Waals surface area contributed by atoms with Gasteiger partial charge in [-0.1, -0.05) is 0 Å². The van der Waals surface area contributed by atoms with Crippen molar-refractivity contribution < 1.29 is 0 Å². The predicted octanol–water partition coefficient (Wildman–Crippen LogP) is 2.16. The molecule has 58 valence electrons. The van der Waals surface area contributed by atoms with Crippen molar-refractivity contribution in [3.8, 4) is 0 Å². The topological polar surface area (TPSA) is 0 Å². The first kappa shape index (κ1) is 8.02. The van der Waals surface area contributed by atoms with E-state index < -0.39 is 0 Å². The Bertz CT molecular complexity index is 149. The molecule has 3 unspecified atom stereocenters. The molecule has 0 radical (unpaired) electrons. The van der Waals surface area contributed by atoms with Crippen molar-refractivity contribution in [1.29, 1.82) is 0 Å². The summed E-state index contributed by atoms with van der Waals surface area (Å²) in [6.07, 6.45) is 1.25. The molecule has 0 nitrogen and oxygen atoms in total.